The summed E-state index contributed by atoms with van der Waals surface area (Å²) in [5.74, 6) is 0.391. The number of aliphatic hydroxyl groups excluding tert-OH is 2. The quantitative estimate of drug-likeness (QED) is 0.701. The number of carbonyl (C=O) groups is 1. The minimum atomic E-state index is -0.842. The first-order valence-corrected chi connectivity index (χ1v) is 9.62. The number of hydrogen-bond donors (Lipinski definition) is 3. The predicted molar refractivity (Wildman–Crippen MR) is 98.4 cm³/mol. The molecule has 0 aliphatic carbocycles. The number of carbonyl (C=O) groups excluding carboxylic acids is 1. The van der Waals surface area contributed by atoms with Crippen LogP contribution in [0.15, 0.2) is 30.3 Å². The fourth-order valence-corrected chi connectivity index (χ4v) is 3.91. The molecule has 2 saturated heterocycles. The molecule has 6 heteroatoms. The van der Waals surface area contributed by atoms with Crippen LogP contribution in [0.1, 0.15) is 31.2 Å². The number of benzene rings is 1. The predicted octanol–water partition coefficient (Wildman–Crippen LogP) is 0.916. The molecule has 3 atom stereocenters. The zero-order valence-corrected chi connectivity index (χ0v) is 15.2. The smallest absolute Gasteiger partial charge is 0.220 e. The topological polar surface area (TPSA) is 82.0 Å². The zero-order valence-electron chi connectivity index (χ0n) is 15.2. The van der Waals surface area contributed by atoms with Gasteiger partial charge in [0.25, 0.3) is 0 Å². The van der Waals surface area contributed by atoms with Crippen LogP contribution in [0.3, 0.4) is 0 Å². The number of piperidine rings is 1. The van der Waals surface area contributed by atoms with E-state index in [0.29, 0.717) is 25.4 Å². The van der Waals surface area contributed by atoms with E-state index in [2.05, 4.69) is 34.5 Å². The van der Waals surface area contributed by atoms with Crippen molar-refractivity contribution in [2.24, 2.45) is 5.92 Å². The van der Waals surface area contributed by atoms with Gasteiger partial charge in [-0.3, -0.25) is 9.69 Å². The summed E-state index contributed by atoms with van der Waals surface area (Å²) in [6, 6.07) is 10.1. The van der Waals surface area contributed by atoms with E-state index in [1.807, 2.05) is 6.07 Å². The fourth-order valence-electron chi connectivity index (χ4n) is 3.91. The standard InChI is InChI=1S/C20H30N2O4/c23-14-18-20(25)17(8-11-26-18)21-19(24)12-15-6-9-22(10-7-15)13-16-4-2-1-3-5-16/h1-5,15,17-18,20,23,25H,6-14H2,(H,21,24)/t17-,18+,20-/m0/s1. The van der Waals surface area contributed by atoms with Crippen molar-refractivity contribution < 1.29 is 19.7 Å². The number of amides is 1. The molecule has 2 aliphatic heterocycles. The van der Waals surface area contributed by atoms with Gasteiger partial charge in [0.1, 0.15) is 12.2 Å². The Balaban J connectivity index is 1.39. The first-order chi connectivity index (χ1) is 12.7. The zero-order chi connectivity index (χ0) is 18.4. The largest absolute Gasteiger partial charge is 0.394 e. The van der Waals surface area contributed by atoms with Crippen LogP contribution >= 0.6 is 0 Å². The van der Waals surface area contributed by atoms with Gasteiger partial charge in [-0.25, -0.2) is 0 Å². The normalized spacial score (nSPS) is 28.0. The third-order valence-electron chi connectivity index (χ3n) is 5.51. The second-order valence-corrected chi connectivity index (χ2v) is 7.45. The molecule has 0 radical (unpaired) electrons. The molecule has 3 rings (SSSR count). The molecule has 26 heavy (non-hydrogen) atoms. The second kappa shape index (κ2) is 9.46. The molecule has 0 bridgehead atoms. The maximum Gasteiger partial charge on any atom is 0.220 e. The number of rotatable bonds is 6. The van der Waals surface area contributed by atoms with Crippen molar-refractivity contribution >= 4 is 5.91 Å². The van der Waals surface area contributed by atoms with Crippen LogP contribution in [0.25, 0.3) is 0 Å². The summed E-state index contributed by atoms with van der Waals surface area (Å²) in [7, 11) is 0. The van der Waals surface area contributed by atoms with Gasteiger partial charge in [-0.05, 0) is 43.8 Å². The second-order valence-electron chi connectivity index (χ2n) is 7.45. The Labute approximate surface area is 155 Å². The Hall–Kier alpha value is -1.47. The lowest BCUT2D eigenvalue weighted by Gasteiger charge is -2.35. The van der Waals surface area contributed by atoms with Gasteiger partial charge >= 0.3 is 0 Å². The van der Waals surface area contributed by atoms with Crippen molar-refractivity contribution in [1.82, 2.24) is 10.2 Å². The lowest BCUT2D eigenvalue weighted by atomic mass is 9.92. The SMILES string of the molecule is O=C(CC1CCN(Cc2ccccc2)CC1)N[C@H]1CCO[C@H](CO)[C@H]1O. The van der Waals surface area contributed by atoms with Gasteiger partial charge in [0, 0.05) is 19.6 Å². The molecule has 2 heterocycles. The first-order valence-electron chi connectivity index (χ1n) is 9.62. The van der Waals surface area contributed by atoms with Crippen LogP contribution < -0.4 is 5.32 Å². The van der Waals surface area contributed by atoms with Crippen LogP contribution in [0.4, 0.5) is 0 Å². The molecule has 6 nitrogen and oxygen atoms in total. The Morgan fingerprint density at radius 2 is 1.92 bits per heavy atom. The minimum absolute atomic E-state index is 0.00542. The van der Waals surface area contributed by atoms with Gasteiger partial charge in [-0.2, -0.15) is 0 Å². The molecule has 2 aliphatic rings. The maximum atomic E-state index is 12.4. The van der Waals surface area contributed by atoms with Gasteiger partial charge in [-0.15, -0.1) is 0 Å². The molecule has 3 N–H and O–H groups in total. The van der Waals surface area contributed by atoms with Crippen molar-refractivity contribution in [3.63, 3.8) is 0 Å². The fraction of sp³-hybridized carbons (Fsp3) is 0.650. The van der Waals surface area contributed by atoms with E-state index in [1.165, 1.54) is 5.56 Å². The number of nitrogens with one attached hydrogen (secondary N) is 1. The summed E-state index contributed by atoms with van der Waals surface area (Å²) < 4.78 is 5.30. The molecule has 1 aromatic rings. The molecule has 2 fully saturated rings. The third kappa shape index (κ3) is 5.27. The summed E-state index contributed by atoms with van der Waals surface area (Å²) in [5, 5.41) is 22.3. The van der Waals surface area contributed by atoms with Crippen LogP contribution in [-0.2, 0) is 16.1 Å². The molecule has 1 amide bonds. The van der Waals surface area contributed by atoms with Crippen molar-refractivity contribution in [3.8, 4) is 0 Å². The number of nitrogens with zero attached hydrogens (tertiary/aromatic N) is 1. The first kappa shape index (κ1) is 19.3. The van der Waals surface area contributed by atoms with E-state index in [9.17, 15) is 15.0 Å². The number of likely N-dealkylation sites (tertiary alicyclic amines) is 1. The lowest BCUT2D eigenvalue weighted by molar-refractivity contribution is -0.132. The van der Waals surface area contributed by atoms with Crippen LogP contribution in [-0.4, -0.2) is 65.6 Å². The number of hydrogen-bond acceptors (Lipinski definition) is 5. The molecule has 0 unspecified atom stereocenters. The van der Waals surface area contributed by atoms with E-state index in [0.717, 1.165) is 32.5 Å². The van der Waals surface area contributed by atoms with Crippen LogP contribution in [0, 0.1) is 5.92 Å². The number of ether oxygens (including phenoxy) is 1. The summed E-state index contributed by atoms with van der Waals surface area (Å²) in [5.41, 5.74) is 1.33. The average Bonchev–Trinajstić information content (AvgIpc) is 2.66. The van der Waals surface area contributed by atoms with Gasteiger partial charge < -0.3 is 20.3 Å². The molecule has 144 valence electrons. The Morgan fingerprint density at radius 3 is 2.62 bits per heavy atom. The van der Waals surface area contributed by atoms with Gasteiger partial charge in [0.15, 0.2) is 0 Å². The summed E-state index contributed by atoms with van der Waals surface area (Å²) in [6.07, 6.45) is 1.69. The van der Waals surface area contributed by atoms with E-state index in [4.69, 9.17) is 4.74 Å². The van der Waals surface area contributed by atoms with Crippen LogP contribution in [0.2, 0.25) is 0 Å². The summed E-state index contributed by atoms with van der Waals surface area (Å²) in [4.78, 5) is 14.8. The van der Waals surface area contributed by atoms with Crippen molar-refractivity contribution in [2.45, 2.75) is 50.5 Å². The highest BCUT2D eigenvalue weighted by molar-refractivity contribution is 5.76. The summed E-state index contributed by atoms with van der Waals surface area (Å²) >= 11 is 0. The molecule has 0 spiro atoms. The molecular formula is C20H30N2O4. The summed E-state index contributed by atoms with van der Waals surface area (Å²) in [6.45, 7) is 3.22. The van der Waals surface area contributed by atoms with Gasteiger partial charge in [0.05, 0.1) is 12.6 Å². The van der Waals surface area contributed by atoms with Gasteiger partial charge in [0.2, 0.25) is 5.91 Å². The van der Waals surface area contributed by atoms with Gasteiger partial charge in [-0.1, -0.05) is 30.3 Å². The van der Waals surface area contributed by atoms with Crippen molar-refractivity contribution in [2.75, 3.05) is 26.3 Å². The number of aliphatic hydroxyl groups is 2. The lowest BCUT2D eigenvalue weighted by Crippen LogP contribution is -2.54. The average molecular weight is 362 g/mol. The van der Waals surface area contributed by atoms with Crippen LogP contribution in [0.5, 0.6) is 0 Å². The maximum absolute atomic E-state index is 12.4. The molecule has 1 aromatic carbocycles. The van der Waals surface area contributed by atoms with E-state index < -0.39 is 12.2 Å². The van der Waals surface area contributed by atoms with E-state index >= 15 is 0 Å². The molecular weight excluding hydrogens is 332 g/mol. The Kier molecular flexibility index (Phi) is 7.02. The molecule has 0 saturated carbocycles. The minimum Gasteiger partial charge on any atom is -0.394 e. The monoisotopic (exact) mass is 362 g/mol. The highest BCUT2D eigenvalue weighted by atomic mass is 16.5. The van der Waals surface area contributed by atoms with Crippen molar-refractivity contribution in [3.05, 3.63) is 35.9 Å². The van der Waals surface area contributed by atoms with E-state index in [-0.39, 0.29) is 18.6 Å². The highest BCUT2D eigenvalue weighted by Crippen LogP contribution is 2.22. The Morgan fingerprint density at radius 1 is 1.19 bits per heavy atom. The third-order valence-corrected chi connectivity index (χ3v) is 5.51. The van der Waals surface area contributed by atoms with E-state index in [1.54, 1.807) is 0 Å². The molecule has 0 aromatic heterocycles. The highest BCUT2D eigenvalue weighted by Gasteiger charge is 2.33. The van der Waals surface area contributed by atoms with Crippen molar-refractivity contribution in [1.29, 1.82) is 0 Å². The Bertz CT molecular complexity index is 560.